The van der Waals surface area contributed by atoms with Crippen LogP contribution in [0.5, 0.6) is 0 Å². The van der Waals surface area contributed by atoms with E-state index in [0.29, 0.717) is 0 Å². The van der Waals surface area contributed by atoms with Crippen LogP contribution in [-0.4, -0.2) is 170 Å². The maximum atomic E-state index is 12.6. The van der Waals surface area contributed by atoms with Crippen LogP contribution in [0.15, 0.2) is 0 Å². The summed E-state index contributed by atoms with van der Waals surface area (Å²) in [5.74, 6) is -0.845. The fourth-order valence-corrected chi connectivity index (χ4v) is 5.07. The fraction of sp³-hybridized carbons (Fsp3) is 0.955. The van der Waals surface area contributed by atoms with Crippen LogP contribution in [0.2, 0.25) is 0 Å². The summed E-state index contributed by atoms with van der Waals surface area (Å²) in [6.45, 7) is -0.898. The zero-order valence-electron chi connectivity index (χ0n) is 22.2. The molecule has 0 aromatic heterocycles. The number of hydrogen-bond acceptors (Lipinski definition) is 17. The quantitative estimate of drug-likeness (QED) is 0.110. The molecule has 1 saturated carbocycles. The number of hydrogen-bond donors (Lipinski definition) is 13. The second kappa shape index (κ2) is 15.5. The van der Waals surface area contributed by atoms with Crippen LogP contribution in [0.1, 0.15) is 12.8 Å². The molecule has 242 valence electrons. The van der Waals surface area contributed by atoms with E-state index in [-0.39, 0.29) is 31.4 Å². The van der Waals surface area contributed by atoms with Crippen molar-refractivity contribution in [2.45, 2.75) is 111 Å². The van der Waals surface area contributed by atoms with Crippen LogP contribution < -0.4 is 28.3 Å². The average Bonchev–Trinajstić information content (AvgIpc) is 2.92. The summed E-state index contributed by atoms with van der Waals surface area (Å²) >= 11 is 0. The zero-order valence-corrected chi connectivity index (χ0v) is 22.2. The van der Waals surface area contributed by atoms with Gasteiger partial charge in [0.1, 0.15) is 67.1 Å². The van der Waals surface area contributed by atoms with Gasteiger partial charge in [-0.15, -0.1) is 0 Å². The third-order valence-electron chi connectivity index (χ3n) is 7.51. The average molecular weight is 604 g/mol. The number of ether oxygens (including phenoxy) is 4. The molecule has 3 rings (SSSR count). The van der Waals surface area contributed by atoms with Crippen LogP contribution in [0, 0.1) is 0 Å². The van der Waals surface area contributed by atoms with E-state index in [0.717, 1.165) is 0 Å². The smallest absolute Gasteiger partial charge is 0.249 e. The molecule has 0 aromatic rings. The van der Waals surface area contributed by atoms with Gasteiger partial charge in [-0.3, -0.25) is 4.79 Å². The highest BCUT2D eigenvalue weighted by atomic mass is 16.7. The highest BCUT2D eigenvalue weighted by Gasteiger charge is 2.52. The monoisotopic (exact) mass is 603 g/mol. The Morgan fingerprint density at radius 3 is 2.02 bits per heavy atom. The molecule has 1 aliphatic carbocycles. The highest BCUT2D eigenvalue weighted by molar-refractivity contribution is 5.80. The molecule has 15 unspecified atom stereocenters. The van der Waals surface area contributed by atoms with E-state index in [1.165, 1.54) is 0 Å². The van der Waals surface area contributed by atoms with Crippen molar-refractivity contribution in [3.63, 3.8) is 0 Å². The fourth-order valence-electron chi connectivity index (χ4n) is 5.07. The standard InChI is InChI=1S/C22H43N5O13.H2O/c23-2-1-8(29)20(36)27-7-3-6(25)18(39-22-16(34)15(33)13(31)9(4-24)37-22)17(35)19(7)40-21-14(32)11(26)12(30)10(5-28)38-21;/h6-19,21-22,28-35H,1-5,23-26H2,(H,27,36);1H2/t6?,7?,8-,9?,10?,11?,12?,13?,14?,15?,16?,17?,18?,19?,21?,22?;/m0./s1. The van der Waals surface area contributed by atoms with E-state index < -0.39 is 110 Å². The highest BCUT2D eigenvalue weighted by Crippen LogP contribution is 2.32. The molecule has 0 spiro atoms. The Kier molecular flexibility index (Phi) is 13.6. The lowest BCUT2D eigenvalue weighted by atomic mass is 9.83. The van der Waals surface area contributed by atoms with Crippen LogP contribution in [0.4, 0.5) is 0 Å². The minimum Gasteiger partial charge on any atom is -0.412 e. The zero-order chi connectivity index (χ0) is 29.9. The van der Waals surface area contributed by atoms with E-state index in [1.54, 1.807) is 0 Å². The van der Waals surface area contributed by atoms with Crippen molar-refractivity contribution in [1.29, 1.82) is 0 Å². The molecule has 1 amide bonds. The number of amides is 1. The Bertz CT molecular complexity index is 817. The van der Waals surface area contributed by atoms with Gasteiger partial charge in [0.15, 0.2) is 12.6 Å². The largest absolute Gasteiger partial charge is 0.412 e. The van der Waals surface area contributed by atoms with Crippen molar-refractivity contribution >= 4 is 5.91 Å². The molecular formula is C22H45N5O14. The van der Waals surface area contributed by atoms with Crippen molar-refractivity contribution in [2.75, 3.05) is 19.7 Å². The lowest BCUT2D eigenvalue weighted by molar-refractivity contribution is -0.332. The van der Waals surface area contributed by atoms with Crippen LogP contribution >= 0.6 is 0 Å². The molecular weight excluding hydrogens is 558 g/mol. The maximum Gasteiger partial charge on any atom is 0.249 e. The normalized spacial score (nSPS) is 45.9. The summed E-state index contributed by atoms with van der Waals surface area (Å²) in [4.78, 5) is 12.6. The van der Waals surface area contributed by atoms with Gasteiger partial charge in [-0.05, 0) is 19.4 Å². The van der Waals surface area contributed by atoms with Crippen LogP contribution in [0.25, 0.3) is 0 Å². The summed E-state index contributed by atoms with van der Waals surface area (Å²) in [7, 11) is 0. The first-order chi connectivity index (χ1) is 18.9. The van der Waals surface area contributed by atoms with Gasteiger partial charge in [-0.1, -0.05) is 0 Å². The Morgan fingerprint density at radius 2 is 1.44 bits per heavy atom. The molecule has 2 aliphatic heterocycles. The van der Waals surface area contributed by atoms with E-state index in [2.05, 4.69) is 5.32 Å². The minimum atomic E-state index is -1.76. The lowest BCUT2D eigenvalue weighted by Gasteiger charge is -2.49. The van der Waals surface area contributed by atoms with Crippen molar-refractivity contribution in [3.05, 3.63) is 0 Å². The number of carbonyl (C=O) groups excluding carboxylic acids is 1. The predicted octanol–water partition coefficient (Wildman–Crippen LogP) is -9.25. The maximum absolute atomic E-state index is 12.6. The third-order valence-corrected chi connectivity index (χ3v) is 7.51. The van der Waals surface area contributed by atoms with Crippen molar-refractivity contribution in [1.82, 2.24) is 5.32 Å². The number of aliphatic hydroxyl groups is 8. The molecule has 41 heavy (non-hydrogen) atoms. The van der Waals surface area contributed by atoms with Crippen molar-refractivity contribution < 1.29 is 70.1 Å². The Labute approximate surface area is 235 Å². The Hall–Kier alpha value is -1.21. The molecule has 19 heteroatoms. The summed E-state index contributed by atoms with van der Waals surface area (Å²) in [6, 6.07) is -3.45. The first-order valence-corrected chi connectivity index (χ1v) is 13.1. The molecule has 0 radical (unpaired) electrons. The minimum absolute atomic E-state index is 0. The number of rotatable bonds is 10. The number of nitrogens with two attached hydrogens (primary N) is 4. The van der Waals surface area contributed by atoms with Crippen molar-refractivity contribution in [2.24, 2.45) is 22.9 Å². The van der Waals surface area contributed by atoms with Gasteiger partial charge in [-0.25, -0.2) is 0 Å². The molecule has 19 N–H and O–H groups in total. The Morgan fingerprint density at radius 1 is 0.854 bits per heavy atom. The molecule has 19 nitrogen and oxygen atoms in total. The number of aliphatic hydroxyl groups excluding tert-OH is 8. The summed E-state index contributed by atoms with van der Waals surface area (Å²) in [5, 5.41) is 84.9. The summed E-state index contributed by atoms with van der Waals surface area (Å²) in [6.07, 6.45) is -19.8. The molecule has 16 atom stereocenters. The predicted molar refractivity (Wildman–Crippen MR) is 135 cm³/mol. The molecule has 3 aliphatic rings. The van der Waals surface area contributed by atoms with Gasteiger partial charge in [0.05, 0.1) is 18.7 Å². The molecule has 2 saturated heterocycles. The van der Waals surface area contributed by atoms with E-state index in [9.17, 15) is 45.6 Å². The van der Waals surface area contributed by atoms with Crippen LogP contribution in [-0.2, 0) is 23.7 Å². The molecule has 0 aromatic carbocycles. The van der Waals surface area contributed by atoms with Gasteiger partial charge in [0.2, 0.25) is 5.91 Å². The first-order valence-electron chi connectivity index (χ1n) is 13.1. The molecule has 0 bridgehead atoms. The second-order valence-corrected chi connectivity index (χ2v) is 10.3. The lowest BCUT2D eigenvalue weighted by Crippen LogP contribution is -2.69. The Balaban J connectivity index is 0.00000588. The van der Waals surface area contributed by atoms with E-state index >= 15 is 0 Å². The van der Waals surface area contributed by atoms with Gasteiger partial charge in [0.25, 0.3) is 0 Å². The van der Waals surface area contributed by atoms with E-state index in [4.69, 9.17) is 41.9 Å². The summed E-state index contributed by atoms with van der Waals surface area (Å²) < 4.78 is 22.5. The van der Waals surface area contributed by atoms with Gasteiger partial charge >= 0.3 is 0 Å². The summed E-state index contributed by atoms with van der Waals surface area (Å²) in [5.41, 5.74) is 23.1. The van der Waals surface area contributed by atoms with Crippen LogP contribution in [0.3, 0.4) is 0 Å². The third kappa shape index (κ3) is 7.85. The number of nitrogens with one attached hydrogen (secondary N) is 1. The SMILES string of the molecule is NCC[C@H](O)C(=O)NC1CC(N)C(OC2OC(CN)C(O)C(O)C2O)C(O)C1OC1OC(CO)C(O)C(N)C1O.O. The van der Waals surface area contributed by atoms with E-state index in [1.807, 2.05) is 0 Å². The van der Waals surface area contributed by atoms with Gasteiger partial charge < -0.3 is 93.5 Å². The van der Waals surface area contributed by atoms with Gasteiger partial charge in [-0.2, -0.15) is 0 Å². The topological polar surface area (TPSA) is 363 Å². The second-order valence-electron chi connectivity index (χ2n) is 10.3. The molecule has 2 heterocycles. The van der Waals surface area contributed by atoms with Crippen molar-refractivity contribution in [3.8, 4) is 0 Å². The first kappa shape index (κ1) is 36.0. The van der Waals surface area contributed by atoms with Gasteiger partial charge in [0, 0.05) is 12.6 Å². The molecule has 3 fully saturated rings. The number of carbonyl (C=O) groups is 1.